The van der Waals surface area contributed by atoms with Crippen LogP contribution in [-0.4, -0.2) is 63.8 Å². The van der Waals surface area contributed by atoms with Crippen molar-refractivity contribution in [1.82, 2.24) is 15.5 Å². The van der Waals surface area contributed by atoms with E-state index in [1.807, 2.05) is 0 Å². The van der Waals surface area contributed by atoms with Crippen molar-refractivity contribution >= 4 is 30.7 Å². The topological polar surface area (TPSA) is 53.6 Å². The third kappa shape index (κ3) is 7.89. The van der Waals surface area contributed by atoms with Gasteiger partial charge in [-0.3, -0.25) is 4.79 Å². The number of rotatable bonds is 8. The van der Waals surface area contributed by atoms with Gasteiger partial charge in [0, 0.05) is 26.7 Å². The Hall–Kier alpha value is -0.0700. The molecule has 2 aliphatic rings. The summed E-state index contributed by atoms with van der Waals surface area (Å²) in [5.74, 6) is 1.83. The number of methoxy groups -OCH3 is 1. The predicted octanol–water partition coefficient (Wildman–Crippen LogP) is 2.72. The van der Waals surface area contributed by atoms with Crippen LogP contribution in [-0.2, 0) is 9.53 Å². The maximum Gasteiger partial charge on any atom is 0.228 e. The maximum atomic E-state index is 12.6. The number of likely N-dealkylation sites (tertiary alicyclic amines) is 1. The summed E-state index contributed by atoms with van der Waals surface area (Å²) in [4.78, 5) is 15.2. The van der Waals surface area contributed by atoms with Crippen LogP contribution in [0.15, 0.2) is 0 Å². The van der Waals surface area contributed by atoms with E-state index in [1.54, 1.807) is 7.11 Å². The van der Waals surface area contributed by atoms with Crippen LogP contribution < -0.4 is 10.6 Å². The molecule has 2 saturated heterocycles. The molecule has 0 bridgehead atoms. The molecule has 0 aromatic carbocycles. The van der Waals surface area contributed by atoms with Crippen molar-refractivity contribution in [2.75, 3.05) is 53.0 Å². The lowest BCUT2D eigenvalue weighted by molar-refractivity contribution is -0.136. The first-order chi connectivity index (χ1) is 11.6. The number of carbonyl (C=O) groups excluding carboxylic acids is 1. The van der Waals surface area contributed by atoms with Gasteiger partial charge in [0.15, 0.2) is 0 Å². The number of carbonyl (C=O) groups is 1. The SMILES string of the molecule is COCC1(C(=O)NCCCCN2CC(C)CC(C)C2)CCNCC1.Cl.Cl. The first kappa shape index (κ1) is 25.9. The van der Waals surface area contributed by atoms with Crippen molar-refractivity contribution in [3.8, 4) is 0 Å². The highest BCUT2D eigenvalue weighted by molar-refractivity contribution is 5.85. The third-order valence-electron chi connectivity index (χ3n) is 5.59. The van der Waals surface area contributed by atoms with Gasteiger partial charge in [0.25, 0.3) is 0 Å². The monoisotopic (exact) mass is 411 g/mol. The van der Waals surface area contributed by atoms with Gasteiger partial charge in [-0.05, 0) is 63.6 Å². The minimum absolute atomic E-state index is 0. The van der Waals surface area contributed by atoms with Gasteiger partial charge in [-0.25, -0.2) is 0 Å². The molecule has 26 heavy (non-hydrogen) atoms. The van der Waals surface area contributed by atoms with Gasteiger partial charge >= 0.3 is 0 Å². The molecular formula is C19H39Cl2N3O2. The second-order valence-electron chi connectivity index (χ2n) is 8.13. The van der Waals surface area contributed by atoms with E-state index in [-0.39, 0.29) is 36.1 Å². The molecular weight excluding hydrogens is 373 g/mol. The van der Waals surface area contributed by atoms with E-state index in [0.29, 0.717) is 6.61 Å². The summed E-state index contributed by atoms with van der Waals surface area (Å²) in [6.45, 7) is 11.5. The number of halogens is 2. The highest BCUT2D eigenvalue weighted by Crippen LogP contribution is 2.29. The number of nitrogens with one attached hydrogen (secondary N) is 2. The van der Waals surface area contributed by atoms with Crippen LogP contribution in [0.2, 0.25) is 0 Å². The standard InChI is InChI=1S/C19H37N3O2.2ClH/c1-16-12-17(2)14-22(13-16)11-5-4-8-21-18(23)19(15-24-3)6-9-20-10-7-19;;/h16-17,20H,4-15H2,1-3H3,(H,21,23);2*1H. The molecule has 0 spiro atoms. The first-order valence-electron chi connectivity index (χ1n) is 9.76. The van der Waals surface area contributed by atoms with Crippen LogP contribution >= 0.6 is 24.8 Å². The highest BCUT2D eigenvalue weighted by Gasteiger charge is 2.39. The molecule has 2 fully saturated rings. The molecule has 1 amide bonds. The molecule has 156 valence electrons. The lowest BCUT2D eigenvalue weighted by Gasteiger charge is -2.36. The Morgan fingerprint density at radius 2 is 1.77 bits per heavy atom. The van der Waals surface area contributed by atoms with Crippen LogP contribution in [0.5, 0.6) is 0 Å². The molecule has 5 nitrogen and oxygen atoms in total. The van der Waals surface area contributed by atoms with Crippen molar-refractivity contribution in [2.24, 2.45) is 17.3 Å². The van der Waals surface area contributed by atoms with E-state index in [1.165, 1.54) is 25.9 Å². The zero-order valence-electron chi connectivity index (χ0n) is 16.7. The zero-order valence-corrected chi connectivity index (χ0v) is 18.4. The van der Waals surface area contributed by atoms with Gasteiger partial charge in [-0.15, -0.1) is 24.8 Å². The van der Waals surface area contributed by atoms with Gasteiger partial charge in [-0.1, -0.05) is 13.8 Å². The molecule has 0 saturated carbocycles. The van der Waals surface area contributed by atoms with Crippen LogP contribution in [0.25, 0.3) is 0 Å². The summed E-state index contributed by atoms with van der Waals surface area (Å²) in [5.41, 5.74) is -0.322. The molecule has 0 radical (unpaired) electrons. The minimum Gasteiger partial charge on any atom is -0.384 e. The van der Waals surface area contributed by atoms with Gasteiger partial charge in [0.1, 0.15) is 0 Å². The number of ether oxygens (including phenoxy) is 1. The number of piperidine rings is 2. The summed E-state index contributed by atoms with van der Waals surface area (Å²) in [6, 6.07) is 0. The van der Waals surface area contributed by atoms with E-state index in [9.17, 15) is 4.79 Å². The average molecular weight is 412 g/mol. The number of hydrogen-bond donors (Lipinski definition) is 2. The Labute approximate surface area is 172 Å². The number of amides is 1. The molecule has 2 atom stereocenters. The van der Waals surface area contributed by atoms with Crippen molar-refractivity contribution in [3.63, 3.8) is 0 Å². The summed E-state index contributed by atoms with van der Waals surface area (Å²) >= 11 is 0. The smallest absolute Gasteiger partial charge is 0.228 e. The normalized spacial score (nSPS) is 25.7. The number of unbranched alkanes of at least 4 members (excludes halogenated alkanes) is 1. The lowest BCUT2D eigenvalue weighted by atomic mass is 9.78. The second kappa shape index (κ2) is 13.2. The van der Waals surface area contributed by atoms with E-state index in [2.05, 4.69) is 29.4 Å². The van der Waals surface area contributed by atoms with E-state index in [4.69, 9.17) is 4.74 Å². The predicted molar refractivity (Wildman–Crippen MR) is 113 cm³/mol. The van der Waals surface area contributed by atoms with E-state index in [0.717, 1.165) is 57.3 Å². The maximum absolute atomic E-state index is 12.6. The molecule has 2 unspecified atom stereocenters. The quantitative estimate of drug-likeness (QED) is 0.602. The molecule has 2 aliphatic heterocycles. The molecule has 2 N–H and O–H groups in total. The molecule has 0 aromatic heterocycles. The van der Waals surface area contributed by atoms with Crippen LogP contribution in [0.4, 0.5) is 0 Å². The van der Waals surface area contributed by atoms with E-state index < -0.39 is 0 Å². The van der Waals surface area contributed by atoms with Crippen LogP contribution in [0.1, 0.15) is 46.0 Å². The van der Waals surface area contributed by atoms with Crippen molar-refractivity contribution in [1.29, 1.82) is 0 Å². The summed E-state index contributed by atoms with van der Waals surface area (Å²) < 4.78 is 5.34. The Morgan fingerprint density at radius 3 is 2.35 bits per heavy atom. The average Bonchev–Trinajstić information content (AvgIpc) is 2.54. The zero-order chi connectivity index (χ0) is 17.4. The van der Waals surface area contributed by atoms with Gasteiger partial charge < -0.3 is 20.3 Å². The summed E-state index contributed by atoms with van der Waals surface area (Å²) in [6.07, 6.45) is 5.33. The Kier molecular flexibility index (Phi) is 13.1. The Balaban J connectivity index is 0.00000312. The first-order valence-corrected chi connectivity index (χ1v) is 9.76. The third-order valence-corrected chi connectivity index (χ3v) is 5.59. The Morgan fingerprint density at radius 1 is 1.15 bits per heavy atom. The molecule has 2 heterocycles. The number of hydrogen-bond acceptors (Lipinski definition) is 4. The lowest BCUT2D eigenvalue weighted by Crippen LogP contribution is -2.50. The fourth-order valence-corrected chi connectivity index (χ4v) is 4.44. The molecule has 0 aliphatic carbocycles. The molecule has 7 heteroatoms. The van der Waals surface area contributed by atoms with Crippen LogP contribution in [0, 0.1) is 17.3 Å². The highest BCUT2D eigenvalue weighted by atomic mass is 35.5. The molecule has 2 rings (SSSR count). The van der Waals surface area contributed by atoms with Gasteiger partial charge in [0.05, 0.1) is 12.0 Å². The Bertz CT molecular complexity index is 377. The summed E-state index contributed by atoms with van der Waals surface area (Å²) in [5, 5.41) is 6.50. The van der Waals surface area contributed by atoms with Crippen LogP contribution in [0.3, 0.4) is 0 Å². The minimum atomic E-state index is -0.322. The van der Waals surface area contributed by atoms with Crippen molar-refractivity contribution in [3.05, 3.63) is 0 Å². The van der Waals surface area contributed by atoms with Crippen molar-refractivity contribution in [2.45, 2.75) is 46.0 Å². The second-order valence-corrected chi connectivity index (χ2v) is 8.13. The fraction of sp³-hybridized carbons (Fsp3) is 0.947. The summed E-state index contributed by atoms with van der Waals surface area (Å²) in [7, 11) is 1.69. The molecule has 0 aromatic rings. The van der Waals surface area contributed by atoms with Crippen molar-refractivity contribution < 1.29 is 9.53 Å². The fourth-order valence-electron chi connectivity index (χ4n) is 4.44. The van der Waals surface area contributed by atoms with Gasteiger partial charge in [-0.2, -0.15) is 0 Å². The van der Waals surface area contributed by atoms with Gasteiger partial charge in [0.2, 0.25) is 5.91 Å². The largest absolute Gasteiger partial charge is 0.384 e. The van der Waals surface area contributed by atoms with E-state index >= 15 is 0 Å². The number of nitrogens with zero attached hydrogens (tertiary/aromatic N) is 1.